The molecule has 0 aliphatic rings. The van der Waals surface area contributed by atoms with Crippen LogP contribution in [0.2, 0.25) is 0 Å². The molecule has 0 bridgehead atoms. The van der Waals surface area contributed by atoms with E-state index >= 15 is 0 Å². The molecule has 0 heterocycles. The molecular formula is C12H18INO. The van der Waals surface area contributed by atoms with Crippen molar-refractivity contribution in [2.24, 2.45) is 5.73 Å². The first-order valence-corrected chi connectivity index (χ1v) is 6.22. The van der Waals surface area contributed by atoms with Gasteiger partial charge in [0.05, 0.1) is 6.10 Å². The van der Waals surface area contributed by atoms with Gasteiger partial charge < -0.3 is 10.5 Å². The molecule has 1 aromatic carbocycles. The number of nitrogens with two attached hydrogens (primary N) is 1. The predicted octanol–water partition coefficient (Wildman–Crippen LogP) is 2.59. The van der Waals surface area contributed by atoms with Gasteiger partial charge >= 0.3 is 0 Å². The van der Waals surface area contributed by atoms with Crippen molar-refractivity contribution < 1.29 is 4.74 Å². The zero-order valence-electron chi connectivity index (χ0n) is 9.24. The smallest absolute Gasteiger partial charge is 0.0558 e. The molecule has 2 nitrogen and oxygen atoms in total. The van der Waals surface area contributed by atoms with Crippen LogP contribution < -0.4 is 5.73 Å². The summed E-state index contributed by atoms with van der Waals surface area (Å²) >= 11 is 2.30. The highest BCUT2D eigenvalue weighted by atomic mass is 127. The Labute approximate surface area is 105 Å². The van der Waals surface area contributed by atoms with Crippen LogP contribution in [-0.2, 0) is 11.2 Å². The zero-order valence-corrected chi connectivity index (χ0v) is 11.4. The van der Waals surface area contributed by atoms with Crippen molar-refractivity contribution in [1.82, 2.24) is 0 Å². The summed E-state index contributed by atoms with van der Waals surface area (Å²) in [4.78, 5) is 0. The molecule has 0 aliphatic carbocycles. The fourth-order valence-corrected chi connectivity index (χ4v) is 1.89. The SMILES string of the molecule is COC(C)CC(N)Cc1ccc(I)cc1. The standard InChI is InChI=1S/C12H18INO/c1-9(15-2)7-12(14)8-10-3-5-11(13)6-4-10/h3-6,9,12H,7-8,14H2,1-2H3. The molecule has 84 valence electrons. The average molecular weight is 319 g/mol. The van der Waals surface area contributed by atoms with E-state index in [2.05, 4.69) is 46.9 Å². The van der Waals surface area contributed by atoms with Crippen LogP contribution in [0.1, 0.15) is 18.9 Å². The third-order valence-electron chi connectivity index (χ3n) is 2.45. The van der Waals surface area contributed by atoms with E-state index in [0.29, 0.717) is 0 Å². The summed E-state index contributed by atoms with van der Waals surface area (Å²) in [6.07, 6.45) is 2.07. The van der Waals surface area contributed by atoms with E-state index in [9.17, 15) is 0 Å². The Kier molecular flexibility index (Phi) is 5.56. The third-order valence-corrected chi connectivity index (χ3v) is 3.17. The van der Waals surface area contributed by atoms with Gasteiger partial charge in [-0.3, -0.25) is 0 Å². The lowest BCUT2D eigenvalue weighted by molar-refractivity contribution is 0.104. The van der Waals surface area contributed by atoms with E-state index in [-0.39, 0.29) is 12.1 Å². The van der Waals surface area contributed by atoms with Gasteiger partial charge in [0, 0.05) is 16.7 Å². The Morgan fingerprint density at radius 3 is 2.47 bits per heavy atom. The van der Waals surface area contributed by atoms with Crippen molar-refractivity contribution in [2.45, 2.75) is 31.9 Å². The molecule has 0 saturated heterocycles. The van der Waals surface area contributed by atoms with E-state index in [4.69, 9.17) is 10.5 Å². The minimum atomic E-state index is 0.181. The molecule has 0 aliphatic heterocycles. The first-order chi connectivity index (χ1) is 7.11. The Hall–Kier alpha value is -0.130. The number of hydrogen-bond donors (Lipinski definition) is 1. The van der Waals surface area contributed by atoms with Crippen LogP contribution in [0.4, 0.5) is 0 Å². The van der Waals surface area contributed by atoms with E-state index in [1.54, 1.807) is 7.11 Å². The van der Waals surface area contributed by atoms with Gasteiger partial charge in [-0.25, -0.2) is 0 Å². The van der Waals surface area contributed by atoms with Crippen LogP contribution >= 0.6 is 22.6 Å². The molecule has 0 aromatic heterocycles. The number of methoxy groups -OCH3 is 1. The largest absolute Gasteiger partial charge is 0.382 e. The summed E-state index contributed by atoms with van der Waals surface area (Å²) in [5.41, 5.74) is 7.34. The predicted molar refractivity (Wildman–Crippen MR) is 71.9 cm³/mol. The van der Waals surface area contributed by atoms with Crippen LogP contribution in [0.3, 0.4) is 0 Å². The lowest BCUT2D eigenvalue weighted by atomic mass is 10.0. The molecule has 15 heavy (non-hydrogen) atoms. The molecule has 0 amide bonds. The lowest BCUT2D eigenvalue weighted by Gasteiger charge is -2.16. The highest BCUT2D eigenvalue weighted by molar-refractivity contribution is 14.1. The Morgan fingerprint density at radius 1 is 1.33 bits per heavy atom. The maximum atomic E-state index is 6.04. The van der Waals surface area contributed by atoms with Crippen LogP contribution in [0.5, 0.6) is 0 Å². The molecule has 3 heteroatoms. The molecule has 0 radical (unpaired) electrons. The molecule has 2 N–H and O–H groups in total. The fourth-order valence-electron chi connectivity index (χ4n) is 1.53. The first kappa shape index (κ1) is 12.9. The van der Waals surface area contributed by atoms with Gasteiger partial charge in [-0.1, -0.05) is 12.1 Å². The highest BCUT2D eigenvalue weighted by Crippen LogP contribution is 2.10. The topological polar surface area (TPSA) is 35.2 Å². The van der Waals surface area contributed by atoms with Crippen molar-refractivity contribution in [3.63, 3.8) is 0 Å². The maximum absolute atomic E-state index is 6.04. The number of ether oxygens (including phenoxy) is 1. The normalized spacial score (nSPS) is 14.9. The van der Waals surface area contributed by atoms with Gasteiger partial charge in [-0.2, -0.15) is 0 Å². The van der Waals surface area contributed by atoms with Crippen molar-refractivity contribution >= 4 is 22.6 Å². The van der Waals surface area contributed by atoms with E-state index in [1.165, 1.54) is 9.13 Å². The van der Waals surface area contributed by atoms with Crippen LogP contribution in [0, 0.1) is 3.57 Å². The summed E-state index contributed by atoms with van der Waals surface area (Å²) in [5, 5.41) is 0. The summed E-state index contributed by atoms with van der Waals surface area (Å²) in [6.45, 7) is 2.05. The number of halogens is 1. The third kappa shape index (κ3) is 4.95. The number of benzene rings is 1. The van der Waals surface area contributed by atoms with E-state index in [1.807, 2.05) is 6.92 Å². The Morgan fingerprint density at radius 2 is 1.93 bits per heavy atom. The molecular weight excluding hydrogens is 301 g/mol. The van der Waals surface area contributed by atoms with Crippen molar-refractivity contribution in [3.8, 4) is 0 Å². The summed E-state index contributed by atoms with van der Waals surface area (Å²) in [7, 11) is 1.72. The average Bonchev–Trinajstić information content (AvgIpc) is 2.21. The van der Waals surface area contributed by atoms with Crippen LogP contribution in [0.25, 0.3) is 0 Å². The Balaban J connectivity index is 2.44. The Bertz CT molecular complexity index is 286. The van der Waals surface area contributed by atoms with Gasteiger partial charge in [-0.05, 0) is 60.1 Å². The summed E-state index contributed by atoms with van der Waals surface area (Å²) in [6, 6.07) is 8.68. The zero-order chi connectivity index (χ0) is 11.3. The second-order valence-corrected chi connectivity index (χ2v) is 5.12. The van der Waals surface area contributed by atoms with Crippen molar-refractivity contribution in [3.05, 3.63) is 33.4 Å². The van der Waals surface area contributed by atoms with Crippen LogP contribution in [0.15, 0.2) is 24.3 Å². The van der Waals surface area contributed by atoms with Gasteiger partial charge in [0.15, 0.2) is 0 Å². The molecule has 0 spiro atoms. The van der Waals surface area contributed by atoms with Crippen molar-refractivity contribution in [1.29, 1.82) is 0 Å². The minimum Gasteiger partial charge on any atom is -0.382 e. The first-order valence-electron chi connectivity index (χ1n) is 5.14. The molecule has 1 aromatic rings. The monoisotopic (exact) mass is 319 g/mol. The van der Waals surface area contributed by atoms with Gasteiger partial charge in [-0.15, -0.1) is 0 Å². The molecule has 1 rings (SSSR count). The molecule has 0 fully saturated rings. The van der Waals surface area contributed by atoms with Crippen molar-refractivity contribution in [2.75, 3.05) is 7.11 Å². The lowest BCUT2D eigenvalue weighted by Crippen LogP contribution is -2.27. The highest BCUT2D eigenvalue weighted by Gasteiger charge is 2.08. The van der Waals surface area contributed by atoms with Gasteiger partial charge in [0.2, 0.25) is 0 Å². The van der Waals surface area contributed by atoms with Gasteiger partial charge in [0.25, 0.3) is 0 Å². The second kappa shape index (κ2) is 6.45. The molecule has 0 saturated carbocycles. The van der Waals surface area contributed by atoms with Crippen LogP contribution in [-0.4, -0.2) is 19.3 Å². The molecule has 2 unspecified atom stereocenters. The quantitative estimate of drug-likeness (QED) is 0.847. The van der Waals surface area contributed by atoms with E-state index < -0.39 is 0 Å². The fraction of sp³-hybridized carbons (Fsp3) is 0.500. The molecule has 2 atom stereocenters. The van der Waals surface area contributed by atoms with Gasteiger partial charge in [0.1, 0.15) is 0 Å². The second-order valence-electron chi connectivity index (χ2n) is 3.87. The summed E-state index contributed by atoms with van der Waals surface area (Å²) < 4.78 is 6.46. The number of rotatable bonds is 5. The maximum Gasteiger partial charge on any atom is 0.0558 e. The van der Waals surface area contributed by atoms with E-state index in [0.717, 1.165) is 12.8 Å². The minimum absolute atomic E-state index is 0.181. The summed E-state index contributed by atoms with van der Waals surface area (Å²) in [5.74, 6) is 0. The number of hydrogen-bond acceptors (Lipinski definition) is 2.